The first-order valence-corrected chi connectivity index (χ1v) is 6.71. The smallest absolute Gasteiger partial charge is 0.0999 e. The van der Waals surface area contributed by atoms with Crippen molar-refractivity contribution in [3.63, 3.8) is 0 Å². The number of hydrogen-bond acceptors (Lipinski definition) is 1. The molecule has 98 valence electrons. The zero-order chi connectivity index (χ0) is 13.8. The molecule has 1 heterocycles. The number of para-hydroxylation sites is 1. The normalized spacial score (nSPS) is 11.1. The molecule has 3 aromatic rings. The van der Waals surface area contributed by atoms with Crippen molar-refractivity contribution in [3.05, 3.63) is 78.5 Å². The summed E-state index contributed by atoms with van der Waals surface area (Å²) in [6, 6.07) is 20.4. The largest absolute Gasteiger partial charge is 0.240 e. The molecule has 0 radical (unpaired) electrons. The van der Waals surface area contributed by atoms with Crippen LogP contribution in [0.15, 0.2) is 72.9 Å². The lowest BCUT2D eigenvalue weighted by atomic mass is 10.1. The summed E-state index contributed by atoms with van der Waals surface area (Å²) in [5.41, 5.74) is 4.34. The first-order chi connectivity index (χ1) is 9.88. The third-order valence-electron chi connectivity index (χ3n) is 3.16. The van der Waals surface area contributed by atoms with Gasteiger partial charge in [0.2, 0.25) is 0 Å². The van der Waals surface area contributed by atoms with Gasteiger partial charge < -0.3 is 0 Å². The van der Waals surface area contributed by atoms with Crippen molar-refractivity contribution >= 4 is 6.08 Å². The summed E-state index contributed by atoms with van der Waals surface area (Å²) >= 11 is 0. The fourth-order valence-electron chi connectivity index (χ4n) is 2.22. The molecular formula is C18H16N2. The highest BCUT2D eigenvalue weighted by Gasteiger charge is 2.09. The number of hydrogen-bond donors (Lipinski definition) is 0. The van der Waals surface area contributed by atoms with E-state index in [4.69, 9.17) is 5.10 Å². The van der Waals surface area contributed by atoms with Crippen molar-refractivity contribution in [2.45, 2.75) is 6.92 Å². The van der Waals surface area contributed by atoms with E-state index in [9.17, 15) is 0 Å². The molecule has 0 atom stereocenters. The van der Waals surface area contributed by atoms with E-state index in [0.717, 1.165) is 22.5 Å². The Morgan fingerprint density at radius 1 is 0.900 bits per heavy atom. The van der Waals surface area contributed by atoms with Crippen LogP contribution >= 0.6 is 0 Å². The summed E-state index contributed by atoms with van der Waals surface area (Å²) in [5, 5.41) is 4.73. The molecule has 0 fully saturated rings. The predicted molar refractivity (Wildman–Crippen MR) is 83.7 cm³/mol. The summed E-state index contributed by atoms with van der Waals surface area (Å²) in [7, 11) is 0. The van der Waals surface area contributed by atoms with Gasteiger partial charge in [-0.2, -0.15) is 5.10 Å². The number of benzene rings is 2. The van der Waals surface area contributed by atoms with Gasteiger partial charge in [0.05, 0.1) is 11.4 Å². The average molecular weight is 260 g/mol. The second kappa shape index (κ2) is 5.57. The second-order valence-electron chi connectivity index (χ2n) is 4.58. The zero-order valence-electron chi connectivity index (χ0n) is 11.4. The van der Waals surface area contributed by atoms with Crippen molar-refractivity contribution in [2.75, 3.05) is 0 Å². The molecule has 3 rings (SSSR count). The molecule has 0 bridgehead atoms. The SMILES string of the molecule is C/C=C/c1cn(-c2ccccc2)nc1-c1ccccc1. The zero-order valence-corrected chi connectivity index (χ0v) is 11.4. The predicted octanol–water partition coefficient (Wildman–Crippen LogP) is 4.57. The maximum Gasteiger partial charge on any atom is 0.0999 e. The molecule has 2 heteroatoms. The second-order valence-corrected chi connectivity index (χ2v) is 4.58. The van der Waals surface area contributed by atoms with Gasteiger partial charge in [0.15, 0.2) is 0 Å². The van der Waals surface area contributed by atoms with E-state index < -0.39 is 0 Å². The quantitative estimate of drug-likeness (QED) is 0.674. The Kier molecular flexibility index (Phi) is 3.46. The van der Waals surface area contributed by atoms with Gasteiger partial charge in [-0.25, -0.2) is 4.68 Å². The van der Waals surface area contributed by atoms with Crippen molar-refractivity contribution in [1.29, 1.82) is 0 Å². The number of rotatable bonds is 3. The van der Waals surface area contributed by atoms with Crippen LogP contribution in [0.4, 0.5) is 0 Å². The third kappa shape index (κ3) is 2.41. The van der Waals surface area contributed by atoms with Gasteiger partial charge in [-0.15, -0.1) is 0 Å². The van der Waals surface area contributed by atoms with Crippen LogP contribution < -0.4 is 0 Å². The Balaban J connectivity index is 2.13. The van der Waals surface area contributed by atoms with Gasteiger partial charge in [0, 0.05) is 17.3 Å². The molecule has 0 saturated heterocycles. The first kappa shape index (κ1) is 12.4. The lowest BCUT2D eigenvalue weighted by molar-refractivity contribution is 0.884. The van der Waals surface area contributed by atoms with Crippen molar-refractivity contribution in [2.24, 2.45) is 0 Å². The van der Waals surface area contributed by atoms with Crippen molar-refractivity contribution < 1.29 is 0 Å². The van der Waals surface area contributed by atoms with Gasteiger partial charge in [-0.05, 0) is 19.1 Å². The van der Waals surface area contributed by atoms with Crippen molar-refractivity contribution in [3.8, 4) is 16.9 Å². The Hall–Kier alpha value is -2.61. The Labute approximate surface area is 119 Å². The summed E-state index contributed by atoms with van der Waals surface area (Å²) in [4.78, 5) is 0. The van der Waals surface area contributed by atoms with Gasteiger partial charge >= 0.3 is 0 Å². The molecule has 20 heavy (non-hydrogen) atoms. The summed E-state index contributed by atoms with van der Waals surface area (Å²) in [6.45, 7) is 2.02. The first-order valence-electron chi connectivity index (χ1n) is 6.71. The Morgan fingerprint density at radius 2 is 1.55 bits per heavy atom. The Morgan fingerprint density at radius 3 is 2.20 bits per heavy atom. The average Bonchev–Trinajstić information content (AvgIpc) is 2.94. The van der Waals surface area contributed by atoms with Crippen LogP contribution in [0.1, 0.15) is 12.5 Å². The Bertz CT molecular complexity index is 710. The highest BCUT2D eigenvalue weighted by Crippen LogP contribution is 2.24. The minimum Gasteiger partial charge on any atom is -0.240 e. The molecule has 1 aromatic heterocycles. The highest BCUT2D eigenvalue weighted by atomic mass is 15.3. The molecule has 0 aliphatic carbocycles. The van der Waals surface area contributed by atoms with Crippen LogP contribution in [0.3, 0.4) is 0 Å². The molecule has 0 aliphatic rings. The third-order valence-corrected chi connectivity index (χ3v) is 3.16. The molecule has 0 spiro atoms. The maximum absolute atomic E-state index is 4.73. The van der Waals surface area contributed by atoms with Crippen LogP contribution in [0.2, 0.25) is 0 Å². The summed E-state index contributed by atoms with van der Waals surface area (Å²) < 4.78 is 1.93. The highest BCUT2D eigenvalue weighted by molar-refractivity contribution is 5.71. The van der Waals surface area contributed by atoms with Crippen LogP contribution in [-0.2, 0) is 0 Å². The molecular weight excluding hydrogens is 244 g/mol. The lowest BCUT2D eigenvalue weighted by Crippen LogP contribution is -1.93. The molecule has 0 N–H and O–H groups in total. The maximum atomic E-state index is 4.73. The summed E-state index contributed by atoms with van der Waals surface area (Å²) in [6.07, 6.45) is 6.20. The number of nitrogens with zero attached hydrogens (tertiary/aromatic N) is 2. The summed E-state index contributed by atoms with van der Waals surface area (Å²) in [5.74, 6) is 0. The standard InChI is InChI=1S/C18H16N2/c1-2-9-16-14-20(17-12-7-4-8-13-17)19-18(16)15-10-5-3-6-11-15/h2-14H,1H3/b9-2+. The van der Waals surface area contributed by atoms with E-state index >= 15 is 0 Å². The van der Waals surface area contributed by atoms with E-state index in [2.05, 4.69) is 36.5 Å². The monoisotopic (exact) mass is 260 g/mol. The van der Waals surface area contributed by atoms with Crippen LogP contribution in [0.25, 0.3) is 23.0 Å². The number of aromatic nitrogens is 2. The van der Waals surface area contributed by atoms with Crippen LogP contribution in [-0.4, -0.2) is 9.78 Å². The molecule has 0 amide bonds. The van der Waals surface area contributed by atoms with E-state index in [0.29, 0.717) is 0 Å². The van der Waals surface area contributed by atoms with Crippen molar-refractivity contribution in [1.82, 2.24) is 9.78 Å². The van der Waals surface area contributed by atoms with E-state index in [1.165, 1.54) is 0 Å². The van der Waals surface area contributed by atoms with Gasteiger partial charge in [0.1, 0.15) is 0 Å². The molecule has 0 saturated carbocycles. The van der Waals surface area contributed by atoms with Crippen LogP contribution in [0, 0.1) is 0 Å². The number of allylic oxidation sites excluding steroid dienone is 1. The fourth-order valence-corrected chi connectivity index (χ4v) is 2.22. The van der Waals surface area contributed by atoms with Gasteiger partial charge in [-0.1, -0.05) is 60.7 Å². The molecule has 0 aliphatic heterocycles. The van der Waals surface area contributed by atoms with Crippen LogP contribution in [0.5, 0.6) is 0 Å². The van der Waals surface area contributed by atoms with E-state index in [1.807, 2.05) is 54.1 Å². The van der Waals surface area contributed by atoms with Gasteiger partial charge in [0.25, 0.3) is 0 Å². The van der Waals surface area contributed by atoms with E-state index in [-0.39, 0.29) is 0 Å². The molecule has 2 nitrogen and oxygen atoms in total. The minimum absolute atomic E-state index is 1.01. The topological polar surface area (TPSA) is 17.8 Å². The molecule has 2 aromatic carbocycles. The van der Waals surface area contributed by atoms with E-state index in [1.54, 1.807) is 0 Å². The molecule has 0 unspecified atom stereocenters. The minimum atomic E-state index is 1.01. The van der Waals surface area contributed by atoms with Gasteiger partial charge in [-0.3, -0.25) is 0 Å². The lowest BCUT2D eigenvalue weighted by Gasteiger charge is -2.00. The fraction of sp³-hybridized carbons (Fsp3) is 0.0556.